The Bertz CT molecular complexity index is 776. The molecule has 4 nitrogen and oxygen atoms in total. The topological polar surface area (TPSA) is 55.4 Å². The molecule has 0 saturated heterocycles. The van der Waals surface area contributed by atoms with E-state index in [1.807, 2.05) is 0 Å². The first-order valence-electron chi connectivity index (χ1n) is 6.37. The summed E-state index contributed by atoms with van der Waals surface area (Å²) in [6, 6.07) is 7.88. The van der Waals surface area contributed by atoms with Gasteiger partial charge in [0.1, 0.15) is 5.75 Å². The predicted octanol–water partition coefficient (Wildman–Crippen LogP) is 4.42. The first-order valence-corrected chi connectivity index (χ1v) is 8.61. The third-order valence-corrected chi connectivity index (χ3v) is 5.18. The Morgan fingerprint density at radius 3 is 1.91 bits per heavy atom. The number of halogens is 2. The Morgan fingerprint density at radius 2 is 1.45 bits per heavy atom. The SMILES string of the molecule is COc1cc(C)c(S(=O)(=O)Nc2cc(Cl)cc(Cl)c2)c(C)c1. The van der Waals surface area contributed by atoms with Crippen LogP contribution in [-0.4, -0.2) is 15.5 Å². The van der Waals surface area contributed by atoms with E-state index < -0.39 is 10.0 Å². The molecule has 118 valence electrons. The van der Waals surface area contributed by atoms with E-state index in [2.05, 4.69) is 4.72 Å². The smallest absolute Gasteiger partial charge is 0.262 e. The summed E-state index contributed by atoms with van der Waals surface area (Å²) in [5, 5.41) is 0.710. The fourth-order valence-electron chi connectivity index (χ4n) is 2.27. The summed E-state index contributed by atoms with van der Waals surface area (Å²) in [7, 11) is -2.22. The molecule has 0 bridgehead atoms. The van der Waals surface area contributed by atoms with Gasteiger partial charge in [0, 0.05) is 10.0 Å². The standard InChI is InChI=1S/C15H15Cl2NO3S/c1-9-4-14(21-3)5-10(2)15(9)22(19,20)18-13-7-11(16)6-12(17)8-13/h4-8,18H,1-3H3. The monoisotopic (exact) mass is 359 g/mol. The second-order valence-corrected chi connectivity index (χ2v) is 7.35. The summed E-state index contributed by atoms with van der Waals surface area (Å²) >= 11 is 11.8. The van der Waals surface area contributed by atoms with Crippen LogP contribution in [0.4, 0.5) is 5.69 Å². The van der Waals surface area contributed by atoms with Crippen LogP contribution >= 0.6 is 23.2 Å². The molecule has 0 aromatic heterocycles. The molecule has 0 aliphatic rings. The van der Waals surface area contributed by atoms with Crippen molar-refractivity contribution in [3.8, 4) is 5.75 Å². The highest BCUT2D eigenvalue weighted by Gasteiger charge is 2.21. The van der Waals surface area contributed by atoms with Crippen molar-refractivity contribution in [3.05, 3.63) is 51.5 Å². The van der Waals surface area contributed by atoms with Gasteiger partial charge in [-0.05, 0) is 55.3 Å². The van der Waals surface area contributed by atoms with Gasteiger partial charge in [0.25, 0.3) is 10.0 Å². The van der Waals surface area contributed by atoms with Crippen molar-refractivity contribution in [3.63, 3.8) is 0 Å². The van der Waals surface area contributed by atoms with E-state index in [-0.39, 0.29) is 4.90 Å². The third kappa shape index (κ3) is 3.66. The second-order valence-electron chi connectivity index (χ2n) is 4.85. The Morgan fingerprint density at radius 1 is 0.955 bits per heavy atom. The Balaban J connectivity index is 2.47. The minimum absolute atomic E-state index is 0.212. The van der Waals surface area contributed by atoms with Crippen LogP contribution in [0.1, 0.15) is 11.1 Å². The van der Waals surface area contributed by atoms with Gasteiger partial charge in [-0.25, -0.2) is 8.42 Å². The van der Waals surface area contributed by atoms with Crippen LogP contribution in [0, 0.1) is 13.8 Å². The van der Waals surface area contributed by atoms with Crippen LogP contribution in [0.3, 0.4) is 0 Å². The number of hydrogen-bond donors (Lipinski definition) is 1. The molecule has 22 heavy (non-hydrogen) atoms. The lowest BCUT2D eigenvalue weighted by Crippen LogP contribution is -2.16. The number of ether oxygens (including phenoxy) is 1. The lowest BCUT2D eigenvalue weighted by atomic mass is 10.1. The maximum atomic E-state index is 12.6. The number of hydrogen-bond acceptors (Lipinski definition) is 3. The van der Waals surface area contributed by atoms with Crippen LogP contribution in [0.2, 0.25) is 10.0 Å². The molecule has 0 aliphatic heterocycles. The van der Waals surface area contributed by atoms with Gasteiger partial charge in [-0.3, -0.25) is 4.72 Å². The molecular formula is C15H15Cl2NO3S. The summed E-state index contributed by atoms with van der Waals surface area (Å²) in [5.74, 6) is 0.611. The maximum absolute atomic E-state index is 12.6. The van der Waals surface area contributed by atoms with Crippen molar-refractivity contribution in [2.45, 2.75) is 18.7 Å². The summed E-state index contributed by atoms with van der Waals surface area (Å²) in [5.41, 5.74) is 1.50. The van der Waals surface area contributed by atoms with Crippen molar-refractivity contribution in [1.82, 2.24) is 0 Å². The Kier molecular flexibility index (Phi) is 4.90. The number of aryl methyl sites for hydroxylation is 2. The lowest BCUT2D eigenvalue weighted by molar-refractivity contribution is 0.413. The molecule has 2 rings (SSSR count). The van der Waals surface area contributed by atoms with Gasteiger partial charge < -0.3 is 4.74 Å². The number of sulfonamides is 1. The quantitative estimate of drug-likeness (QED) is 0.878. The summed E-state index contributed by atoms with van der Waals surface area (Å²) in [4.78, 5) is 0.212. The molecule has 0 atom stereocenters. The highest BCUT2D eigenvalue weighted by Crippen LogP contribution is 2.29. The number of rotatable bonds is 4. The molecule has 7 heteroatoms. The number of benzene rings is 2. The average molecular weight is 360 g/mol. The van der Waals surface area contributed by atoms with Crippen molar-refractivity contribution >= 4 is 38.9 Å². The highest BCUT2D eigenvalue weighted by molar-refractivity contribution is 7.92. The minimum Gasteiger partial charge on any atom is -0.497 e. The second kappa shape index (κ2) is 6.36. The normalized spacial score (nSPS) is 11.3. The van der Waals surface area contributed by atoms with Crippen LogP contribution in [0.5, 0.6) is 5.75 Å². The van der Waals surface area contributed by atoms with E-state index in [0.717, 1.165) is 0 Å². The van der Waals surface area contributed by atoms with Gasteiger partial charge in [0.2, 0.25) is 0 Å². The Hall–Kier alpha value is -1.43. The van der Waals surface area contributed by atoms with Crippen molar-refractivity contribution in [1.29, 1.82) is 0 Å². The van der Waals surface area contributed by atoms with E-state index in [4.69, 9.17) is 27.9 Å². The zero-order valence-electron chi connectivity index (χ0n) is 12.3. The maximum Gasteiger partial charge on any atom is 0.262 e. The van der Waals surface area contributed by atoms with Crippen LogP contribution in [0.15, 0.2) is 35.2 Å². The van der Waals surface area contributed by atoms with Crippen LogP contribution < -0.4 is 9.46 Å². The number of methoxy groups -OCH3 is 1. The summed E-state index contributed by atoms with van der Waals surface area (Å²) in [6.45, 7) is 3.43. The zero-order valence-corrected chi connectivity index (χ0v) is 14.6. The van der Waals surface area contributed by atoms with Crippen molar-refractivity contribution < 1.29 is 13.2 Å². The molecule has 0 spiro atoms. The van der Waals surface area contributed by atoms with E-state index in [9.17, 15) is 8.42 Å². The van der Waals surface area contributed by atoms with E-state index in [0.29, 0.717) is 32.6 Å². The van der Waals surface area contributed by atoms with E-state index >= 15 is 0 Å². The molecular weight excluding hydrogens is 345 g/mol. The predicted molar refractivity (Wildman–Crippen MR) is 89.7 cm³/mol. The first-order chi connectivity index (χ1) is 10.2. The van der Waals surface area contributed by atoms with Gasteiger partial charge in [-0.1, -0.05) is 23.2 Å². The fourth-order valence-corrected chi connectivity index (χ4v) is 4.29. The van der Waals surface area contributed by atoms with Gasteiger partial charge in [-0.2, -0.15) is 0 Å². The van der Waals surface area contributed by atoms with Gasteiger partial charge in [-0.15, -0.1) is 0 Å². The molecule has 0 heterocycles. The molecule has 1 N–H and O–H groups in total. The molecule has 0 unspecified atom stereocenters. The zero-order chi connectivity index (χ0) is 16.5. The average Bonchev–Trinajstić information content (AvgIpc) is 2.35. The van der Waals surface area contributed by atoms with E-state index in [1.54, 1.807) is 26.0 Å². The first kappa shape index (κ1) is 16.9. The van der Waals surface area contributed by atoms with Gasteiger partial charge >= 0.3 is 0 Å². The molecule has 2 aromatic carbocycles. The summed E-state index contributed by atoms with van der Waals surface area (Å²) < 4.78 is 32.9. The molecule has 0 fully saturated rings. The molecule has 0 aliphatic carbocycles. The molecule has 0 amide bonds. The van der Waals surface area contributed by atoms with Crippen molar-refractivity contribution in [2.24, 2.45) is 0 Å². The number of nitrogens with one attached hydrogen (secondary N) is 1. The molecule has 0 saturated carbocycles. The third-order valence-electron chi connectivity index (χ3n) is 3.05. The highest BCUT2D eigenvalue weighted by atomic mass is 35.5. The van der Waals surface area contributed by atoms with Crippen LogP contribution in [0.25, 0.3) is 0 Å². The van der Waals surface area contributed by atoms with Crippen LogP contribution in [-0.2, 0) is 10.0 Å². The van der Waals surface area contributed by atoms with Crippen molar-refractivity contribution in [2.75, 3.05) is 11.8 Å². The molecule has 2 aromatic rings. The number of anilines is 1. The Labute approximate surface area is 140 Å². The summed E-state index contributed by atoms with van der Waals surface area (Å²) in [6.07, 6.45) is 0. The van der Waals surface area contributed by atoms with Gasteiger partial charge in [0.05, 0.1) is 17.7 Å². The minimum atomic E-state index is -3.76. The fraction of sp³-hybridized carbons (Fsp3) is 0.200. The molecule has 0 radical (unpaired) electrons. The largest absolute Gasteiger partial charge is 0.497 e. The van der Waals surface area contributed by atoms with Gasteiger partial charge in [0.15, 0.2) is 0 Å². The van der Waals surface area contributed by atoms with E-state index in [1.165, 1.54) is 25.3 Å². The lowest BCUT2D eigenvalue weighted by Gasteiger charge is -2.14.